The van der Waals surface area contributed by atoms with E-state index in [1.54, 1.807) is 0 Å². The molecule has 0 aliphatic carbocycles. The molecule has 0 aliphatic heterocycles. The van der Waals surface area contributed by atoms with Gasteiger partial charge in [-0.2, -0.15) is 0 Å². The summed E-state index contributed by atoms with van der Waals surface area (Å²) in [5.74, 6) is 1.95. The van der Waals surface area contributed by atoms with Crippen molar-refractivity contribution >= 4 is 0 Å². The first-order valence-corrected chi connectivity index (χ1v) is 6.55. The molecule has 102 valence electrons. The lowest BCUT2D eigenvalue weighted by Crippen LogP contribution is -2.11. The molecule has 2 rings (SSSR count). The Morgan fingerprint density at radius 1 is 1.11 bits per heavy atom. The number of hydrogen-bond donors (Lipinski definition) is 1. The SMILES string of the molecule is CCNCc1ccc(OCc2nnc(CC)o2)cc1. The van der Waals surface area contributed by atoms with E-state index >= 15 is 0 Å². The highest BCUT2D eigenvalue weighted by Crippen LogP contribution is 2.14. The minimum Gasteiger partial charge on any atom is -0.484 e. The van der Waals surface area contributed by atoms with Crippen molar-refractivity contribution in [2.75, 3.05) is 6.54 Å². The Morgan fingerprint density at radius 3 is 2.47 bits per heavy atom. The van der Waals surface area contributed by atoms with E-state index in [0.717, 1.165) is 25.3 Å². The first-order chi connectivity index (χ1) is 9.31. The van der Waals surface area contributed by atoms with Gasteiger partial charge in [0, 0.05) is 13.0 Å². The summed E-state index contributed by atoms with van der Waals surface area (Å²) in [5, 5.41) is 11.1. The van der Waals surface area contributed by atoms with Crippen molar-refractivity contribution in [2.24, 2.45) is 0 Å². The van der Waals surface area contributed by atoms with Crippen molar-refractivity contribution in [2.45, 2.75) is 33.4 Å². The minimum absolute atomic E-state index is 0.305. The van der Waals surface area contributed by atoms with Crippen LogP contribution in [0.4, 0.5) is 0 Å². The van der Waals surface area contributed by atoms with Crippen LogP contribution in [-0.4, -0.2) is 16.7 Å². The lowest BCUT2D eigenvalue weighted by molar-refractivity contribution is 0.259. The first-order valence-electron chi connectivity index (χ1n) is 6.55. The van der Waals surface area contributed by atoms with Crippen LogP contribution in [0.3, 0.4) is 0 Å². The molecule has 0 spiro atoms. The van der Waals surface area contributed by atoms with E-state index in [0.29, 0.717) is 18.4 Å². The molecule has 5 nitrogen and oxygen atoms in total. The van der Waals surface area contributed by atoms with Gasteiger partial charge < -0.3 is 14.5 Å². The maximum absolute atomic E-state index is 5.59. The summed E-state index contributed by atoms with van der Waals surface area (Å²) in [6.07, 6.45) is 0.742. The number of aryl methyl sites for hydroxylation is 1. The van der Waals surface area contributed by atoms with Gasteiger partial charge in [-0.25, -0.2) is 0 Å². The molecule has 0 unspecified atom stereocenters. The third-order valence-electron chi connectivity index (χ3n) is 2.68. The van der Waals surface area contributed by atoms with Crippen LogP contribution >= 0.6 is 0 Å². The Kier molecular flexibility index (Phi) is 4.92. The van der Waals surface area contributed by atoms with Gasteiger partial charge in [-0.1, -0.05) is 26.0 Å². The minimum atomic E-state index is 0.305. The monoisotopic (exact) mass is 261 g/mol. The van der Waals surface area contributed by atoms with Crippen LogP contribution < -0.4 is 10.1 Å². The molecule has 5 heteroatoms. The molecular formula is C14H19N3O2. The number of ether oxygens (including phenoxy) is 1. The normalized spacial score (nSPS) is 10.6. The van der Waals surface area contributed by atoms with Crippen LogP contribution in [0.2, 0.25) is 0 Å². The Morgan fingerprint density at radius 2 is 1.84 bits per heavy atom. The zero-order valence-corrected chi connectivity index (χ0v) is 11.3. The summed E-state index contributed by atoms with van der Waals surface area (Å²) >= 11 is 0. The molecule has 1 heterocycles. The maximum Gasteiger partial charge on any atom is 0.253 e. The molecular weight excluding hydrogens is 242 g/mol. The molecule has 0 amide bonds. The highest BCUT2D eigenvalue weighted by molar-refractivity contribution is 5.27. The summed E-state index contributed by atoms with van der Waals surface area (Å²) < 4.78 is 11.0. The molecule has 0 saturated carbocycles. The summed E-state index contributed by atoms with van der Waals surface area (Å²) in [4.78, 5) is 0. The van der Waals surface area contributed by atoms with Gasteiger partial charge in [0.1, 0.15) is 5.75 Å². The van der Waals surface area contributed by atoms with Crippen LogP contribution in [0, 0.1) is 0 Å². The van der Waals surface area contributed by atoms with Crippen LogP contribution in [0.25, 0.3) is 0 Å². The first kappa shape index (κ1) is 13.5. The molecule has 0 fully saturated rings. The van der Waals surface area contributed by atoms with Crippen LogP contribution in [-0.2, 0) is 19.6 Å². The third kappa shape index (κ3) is 4.06. The molecule has 1 aromatic carbocycles. The number of benzene rings is 1. The zero-order valence-electron chi connectivity index (χ0n) is 11.3. The summed E-state index contributed by atoms with van der Waals surface area (Å²) in [7, 11) is 0. The van der Waals surface area contributed by atoms with E-state index in [9.17, 15) is 0 Å². The molecule has 0 atom stereocenters. The van der Waals surface area contributed by atoms with Crippen molar-refractivity contribution in [1.82, 2.24) is 15.5 Å². The number of aromatic nitrogens is 2. The lowest BCUT2D eigenvalue weighted by Gasteiger charge is -2.05. The fourth-order valence-corrected chi connectivity index (χ4v) is 1.61. The van der Waals surface area contributed by atoms with E-state index in [2.05, 4.69) is 22.4 Å². The largest absolute Gasteiger partial charge is 0.484 e. The molecule has 0 saturated heterocycles. The van der Waals surface area contributed by atoms with E-state index < -0.39 is 0 Å². The Hall–Kier alpha value is -1.88. The Bertz CT molecular complexity index is 494. The number of rotatable bonds is 7. The van der Waals surface area contributed by atoms with Gasteiger partial charge in [-0.3, -0.25) is 0 Å². The van der Waals surface area contributed by atoms with Crippen molar-refractivity contribution in [3.05, 3.63) is 41.6 Å². The van der Waals surface area contributed by atoms with Gasteiger partial charge in [0.2, 0.25) is 5.89 Å². The second-order valence-electron chi connectivity index (χ2n) is 4.16. The van der Waals surface area contributed by atoms with Gasteiger partial charge >= 0.3 is 0 Å². The van der Waals surface area contributed by atoms with Crippen LogP contribution in [0.5, 0.6) is 5.75 Å². The predicted octanol–water partition coefficient (Wildman–Crippen LogP) is 2.32. The third-order valence-corrected chi connectivity index (χ3v) is 2.68. The van der Waals surface area contributed by atoms with E-state index in [-0.39, 0.29) is 0 Å². The molecule has 19 heavy (non-hydrogen) atoms. The van der Waals surface area contributed by atoms with Crippen molar-refractivity contribution in [3.8, 4) is 5.75 Å². The summed E-state index contributed by atoms with van der Waals surface area (Å²) in [6, 6.07) is 7.99. The molecule has 0 radical (unpaired) electrons. The average Bonchev–Trinajstić information content (AvgIpc) is 2.92. The van der Waals surface area contributed by atoms with Gasteiger partial charge in [0.25, 0.3) is 5.89 Å². The standard InChI is InChI=1S/C14H19N3O2/c1-3-13-16-17-14(19-13)10-18-12-7-5-11(6-8-12)9-15-4-2/h5-8,15H,3-4,9-10H2,1-2H3. The van der Waals surface area contributed by atoms with Crippen molar-refractivity contribution < 1.29 is 9.15 Å². The molecule has 2 aromatic rings. The fourth-order valence-electron chi connectivity index (χ4n) is 1.61. The highest BCUT2D eigenvalue weighted by atomic mass is 16.5. The highest BCUT2D eigenvalue weighted by Gasteiger charge is 2.04. The number of nitrogens with zero attached hydrogens (tertiary/aromatic N) is 2. The molecule has 0 bridgehead atoms. The van der Waals surface area contributed by atoms with Gasteiger partial charge in [-0.15, -0.1) is 10.2 Å². The predicted molar refractivity (Wildman–Crippen MR) is 71.8 cm³/mol. The second-order valence-corrected chi connectivity index (χ2v) is 4.16. The quantitative estimate of drug-likeness (QED) is 0.828. The Labute approximate surface area is 113 Å². The second kappa shape index (κ2) is 6.89. The average molecular weight is 261 g/mol. The number of nitrogens with one attached hydrogen (secondary N) is 1. The van der Waals surface area contributed by atoms with E-state index in [1.807, 2.05) is 31.2 Å². The molecule has 1 aromatic heterocycles. The van der Waals surface area contributed by atoms with Gasteiger partial charge in [-0.05, 0) is 24.2 Å². The Balaban J connectivity index is 1.85. The molecule has 0 aliphatic rings. The number of hydrogen-bond acceptors (Lipinski definition) is 5. The van der Waals surface area contributed by atoms with Crippen molar-refractivity contribution in [1.29, 1.82) is 0 Å². The zero-order chi connectivity index (χ0) is 13.5. The van der Waals surface area contributed by atoms with Crippen molar-refractivity contribution in [3.63, 3.8) is 0 Å². The van der Waals surface area contributed by atoms with Crippen LogP contribution in [0.15, 0.2) is 28.7 Å². The molecule has 1 N–H and O–H groups in total. The fraction of sp³-hybridized carbons (Fsp3) is 0.429. The van der Waals surface area contributed by atoms with E-state index in [4.69, 9.17) is 9.15 Å². The van der Waals surface area contributed by atoms with E-state index in [1.165, 1.54) is 5.56 Å². The summed E-state index contributed by atoms with van der Waals surface area (Å²) in [5.41, 5.74) is 1.24. The topological polar surface area (TPSA) is 60.2 Å². The summed E-state index contributed by atoms with van der Waals surface area (Å²) in [6.45, 7) is 6.21. The lowest BCUT2D eigenvalue weighted by atomic mass is 10.2. The smallest absolute Gasteiger partial charge is 0.253 e. The van der Waals surface area contributed by atoms with Gasteiger partial charge in [0.15, 0.2) is 6.61 Å². The van der Waals surface area contributed by atoms with Gasteiger partial charge in [0.05, 0.1) is 0 Å². The maximum atomic E-state index is 5.59. The van der Waals surface area contributed by atoms with Crippen LogP contribution in [0.1, 0.15) is 31.2 Å².